The summed E-state index contributed by atoms with van der Waals surface area (Å²) in [4.78, 5) is 17.2. The van der Waals surface area contributed by atoms with Gasteiger partial charge in [-0.2, -0.15) is 20.3 Å². The van der Waals surface area contributed by atoms with E-state index in [1.807, 2.05) is 13.0 Å². The first-order valence-electron chi connectivity index (χ1n) is 9.99. The highest BCUT2D eigenvalue weighted by atomic mass is 32.1. The number of piperidine rings is 1. The Labute approximate surface area is 172 Å². The summed E-state index contributed by atoms with van der Waals surface area (Å²) < 4.78 is 0. The number of rotatable bonds is 6. The number of hydrogen-bond acceptors (Lipinski definition) is 9. The summed E-state index contributed by atoms with van der Waals surface area (Å²) in [7, 11) is 0. The lowest BCUT2D eigenvalue weighted by Gasteiger charge is -2.39. The Hall–Kier alpha value is -2.77. The molecule has 10 heteroatoms. The molecule has 5 heterocycles. The van der Waals surface area contributed by atoms with Crippen LogP contribution in [0.2, 0.25) is 0 Å². The Kier molecular flexibility index (Phi) is 4.77. The molecule has 150 valence electrons. The van der Waals surface area contributed by atoms with Gasteiger partial charge in [-0.25, -0.2) is 4.98 Å². The van der Waals surface area contributed by atoms with Crippen LogP contribution in [0.5, 0.6) is 0 Å². The lowest BCUT2D eigenvalue weighted by atomic mass is 9.97. The van der Waals surface area contributed by atoms with E-state index in [1.54, 1.807) is 5.51 Å². The van der Waals surface area contributed by atoms with Crippen LogP contribution in [-0.2, 0) is 0 Å². The number of nitrogens with one attached hydrogen (secondary N) is 3. The molecule has 0 aliphatic carbocycles. The number of nitrogens with zero attached hydrogens (tertiary/aromatic N) is 6. The fraction of sp³-hybridized carbons (Fsp3) is 0.526. The first-order valence-corrected chi connectivity index (χ1v) is 10.9. The van der Waals surface area contributed by atoms with E-state index in [2.05, 4.69) is 41.8 Å². The van der Waals surface area contributed by atoms with Crippen molar-refractivity contribution in [2.45, 2.75) is 57.2 Å². The smallest absolute Gasteiger partial charge is 0.231 e. The van der Waals surface area contributed by atoms with Gasteiger partial charge in [0.25, 0.3) is 0 Å². The van der Waals surface area contributed by atoms with Gasteiger partial charge in [0.2, 0.25) is 5.95 Å². The van der Waals surface area contributed by atoms with Gasteiger partial charge >= 0.3 is 0 Å². The molecule has 2 saturated heterocycles. The third kappa shape index (κ3) is 3.63. The molecule has 2 aliphatic heterocycles. The number of thiazole rings is 1. The van der Waals surface area contributed by atoms with E-state index in [0.29, 0.717) is 36.3 Å². The Bertz CT molecular complexity index is 1040. The Morgan fingerprint density at radius 3 is 2.86 bits per heavy atom. The first kappa shape index (κ1) is 18.3. The molecule has 0 amide bonds. The number of aryl methyl sites for hydroxylation is 1. The fourth-order valence-electron chi connectivity index (χ4n) is 4.64. The van der Waals surface area contributed by atoms with E-state index in [9.17, 15) is 0 Å². The zero-order valence-electron chi connectivity index (χ0n) is 16.2. The van der Waals surface area contributed by atoms with Crippen molar-refractivity contribution in [2.75, 3.05) is 17.2 Å². The summed E-state index contributed by atoms with van der Waals surface area (Å²) >= 11 is 1.51. The van der Waals surface area contributed by atoms with Crippen LogP contribution < -0.4 is 10.6 Å². The molecular weight excluding hydrogens is 386 g/mol. The largest absolute Gasteiger partial charge is 0.365 e. The van der Waals surface area contributed by atoms with Gasteiger partial charge in [-0.3, -0.25) is 10.00 Å². The monoisotopic (exact) mass is 409 g/mol. The van der Waals surface area contributed by atoms with Crippen molar-refractivity contribution in [2.24, 2.45) is 0 Å². The third-order valence-electron chi connectivity index (χ3n) is 5.85. The molecule has 0 saturated carbocycles. The van der Waals surface area contributed by atoms with Crippen LogP contribution in [0, 0.1) is 18.3 Å². The summed E-state index contributed by atoms with van der Waals surface area (Å²) in [6, 6.07) is 5.66. The Morgan fingerprint density at radius 2 is 2.14 bits per heavy atom. The molecule has 9 nitrogen and oxygen atoms in total. The molecule has 3 aromatic rings. The van der Waals surface area contributed by atoms with Crippen molar-refractivity contribution in [3.05, 3.63) is 17.3 Å². The second-order valence-electron chi connectivity index (χ2n) is 7.81. The second kappa shape index (κ2) is 7.57. The second-order valence-corrected chi connectivity index (χ2v) is 8.64. The van der Waals surface area contributed by atoms with Crippen LogP contribution in [-0.4, -0.2) is 54.7 Å². The standard InChI is InChI=1S/C19H23N9S/c1-11-7-15(27-26-11)23-19-24-17(16-18(25-19)29-10-21-16)22-12-8-13-3-4-14(9-12)28(13)6-2-5-20/h7,10,12-14H,2-4,6,8-9H2,1H3,(H3,22,23,24,25,26,27)/t12?,13-,14?/m0/s1. The zero-order valence-corrected chi connectivity index (χ0v) is 17.0. The van der Waals surface area contributed by atoms with E-state index >= 15 is 0 Å². The quantitative estimate of drug-likeness (QED) is 0.568. The van der Waals surface area contributed by atoms with E-state index in [1.165, 1.54) is 24.2 Å². The minimum atomic E-state index is 0.353. The van der Waals surface area contributed by atoms with Gasteiger partial charge in [0.05, 0.1) is 11.6 Å². The summed E-state index contributed by atoms with van der Waals surface area (Å²) in [5, 5.41) is 22.9. The predicted octanol–water partition coefficient (Wildman–Crippen LogP) is 3.18. The topological polar surface area (TPSA) is 118 Å². The third-order valence-corrected chi connectivity index (χ3v) is 6.57. The summed E-state index contributed by atoms with van der Waals surface area (Å²) in [6.45, 7) is 2.84. The summed E-state index contributed by atoms with van der Waals surface area (Å²) in [5.41, 5.74) is 3.60. The molecule has 3 atom stereocenters. The average molecular weight is 410 g/mol. The van der Waals surface area contributed by atoms with Gasteiger partial charge in [0.15, 0.2) is 16.5 Å². The first-order chi connectivity index (χ1) is 14.2. The number of fused-ring (bicyclic) bond motifs is 3. The van der Waals surface area contributed by atoms with E-state index in [-0.39, 0.29) is 0 Å². The molecule has 2 unspecified atom stereocenters. The van der Waals surface area contributed by atoms with Gasteiger partial charge in [-0.1, -0.05) is 0 Å². The Balaban J connectivity index is 1.35. The zero-order chi connectivity index (χ0) is 19.8. The van der Waals surface area contributed by atoms with Crippen LogP contribution in [0.25, 0.3) is 10.3 Å². The molecule has 0 radical (unpaired) electrons. The van der Waals surface area contributed by atoms with Crippen molar-refractivity contribution in [3.8, 4) is 6.07 Å². The number of anilines is 3. The molecule has 29 heavy (non-hydrogen) atoms. The molecular formula is C19H23N9S. The van der Waals surface area contributed by atoms with Gasteiger partial charge in [-0.15, -0.1) is 11.3 Å². The van der Waals surface area contributed by atoms with Crippen molar-refractivity contribution in [3.63, 3.8) is 0 Å². The predicted molar refractivity (Wildman–Crippen MR) is 112 cm³/mol. The van der Waals surface area contributed by atoms with Crippen molar-refractivity contribution < 1.29 is 0 Å². The van der Waals surface area contributed by atoms with Gasteiger partial charge < -0.3 is 10.6 Å². The number of H-pyrrole nitrogens is 1. The van der Waals surface area contributed by atoms with Crippen LogP contribution in [0.15, 0.2) is 11.6 Å². The molecule has 2 bridgehead atoms. The summed E-state index contributed by atoms with van der Waals surface area (Å²) in [6.07, 6.45) is 5.18. The highest BCUT2D eigenvalue weighted by molar-refractivity contribution is 7.16. The maximum Gasteiger partial charge on any atom is 0.231 e. The summed E-state index contributed by atoms with van der Waals surface area (Å²) in [5.74, 6) is 1.99. The van der Waals surface area contributed by atoms with Crippen LogP contribution in [0.3, 0.4) is 0 Å². The normalized spacial score (nSPS) is 23.9. The average Bonchev–Trinajstić information content (AvgIpc) is 3.39. The number of aromatic amines is 1. The molecule has 0 spiro atoms. The molecule has 2 aliphatic rings. The lowest BCUT2D eigenvalue weighted by Crippen LogP contribution is -2.47. The van der Waals surface area contributed by atoms with Crippen LogP contribution >= 0.6 is 11.3 Å². The number of hydrogen-bond donors (Lipinski definition) is 3. The highest BCUT2D eigenvalue weighted by Gasteiger charge is 2.40. The molecule has 3 N–H and O–H groups in total. The maximum atomic E-state index is 8.93. The van der Waals surface area contributed by atoms with Gasteiger partial charge in [-0.05, 0) is 32.6 Å². The van der Waals surface area contributed by atoms with Gasteiger partial charge in [0.1, 0.15) is 5.52 Å². The van der Waals surface area contributed by atoms with Gasteiger partial charge in [0, 0.05) is 42.9 Å². The van der Waals surface area contributed by atoms with Crippen molar-refractivity contribution >= 4 is 39.3 Å². The molecule has 5 rings (SSSR count). The molecule has 2 fully saturated rings. The molecule has 3 aromatic heterocycles. The Morgan fingerprint density at radius 1 is 1.31 bits per heavy atom. The van der Waals surface area contributed by atoms with E-state index < -0.39 is 0 Å². The van der Waals surface area contributed by atoms with Crippen molar-refractivity contribution in [1.29, 1.82) is 5.26 Å². The lowest BCUT2D eigenvalue weighted by molar-refractivity contribution is 0.136. The minimum absolute atomic E-state index is 0.353. The SMILES string of the molecule is Cc1cc(Nc2nc(NC3CC4CC[C@@H](C3)N4CCC#N)c3ncsc3n2)n[nH]1. The fourth-order valence-corrected chi connectivity index (χ4v) is 5.30. The van der Waals surface area contributed by atoms with E-state index in [0.717, 1.165) is 41.2 Å². The van der Waals surface area contributed by atoms with Crippen molar-refractivity contribution in [1.82, 2.24) is 30.0 Å². The van der Waals surface area contributed by atoms with Crippen LogP contribution in [0.4, 0.5) is 17.6 Å². The number of aromatic nitrogens is 5. The maximum absolute atomic E-state index is 8.93. The van der Waals surface area contributed by atoms with E-state index in [4.69, 9.17) is 10.2 Å². The minimum Gasteiger partial charge on any atom is -0.365 e. The molecule has 0 aromatic carbocycles. The number of nitriles is 1. The van der Waals surface area contributed by atoms with Crippen LogP contribution in [0.1, 0.15) is 37.8 Å². The highest BCUT2D eigenvalue weighted by Crippen LogP contribution is 2.37.